The van der Waals surface area contributed by atoms with Crippen LogP contribution in [0, 0.1) is 24.0 Å². The molecule has 1 atom stereocenters. The first kappa shape index (κ1) is 35.3. The summed E-state index contributed by atoms with van der Waals surface area (Å²) >= 11 is 6.28. The molecule has 0 saturated carbocycles. The lowest BCUT2D eigenvalue weighted by molar-refractivity contribution is -0.385. The van der Waals surface area contributed by atoms with E-state index in [0.717, 1.165) is 21.5 Å². The molecule has 3 aromatic rings. The highest BCUT2D eigenvalue weighted by atomic mass is 35.5. The second-order valence-corrected chi connectivity index (χ2v) is 14.0. The van der Waals surface area contributed by atoms with Gasteiger partial charge in [-0.05, 0) is 70.9 Å². The summed E-state index contributed by atoms with van der Waals surface area (Å²) in [5, 5.41) is 14.8. The summed E-state index contributed by atoms with van der Waals surface area (Å²) in [6.45, 7) is 9.90. The molecule has 0 heterocycles. The number of anilines is 1. The van der Waals surface area contributed by atoms with E-state index in [1.54, 1.807) is 6.92 Å². The Morgan fingerprint density at radius 1 is 1.07 bits per heavy atom. The normalized spacial score (nSPS) is 12.3. The number of carbonyl (C=O) groups is 2. The van der Waals surface area contributed by atoms with Crippen LogP contribution in [0.25, 0.3) is 0 Å². The van der Waals surface area contributed by atoms with Crippen molar-refractivity contribution in [3.8, 4) is 5.75 Å². The van der Waals surface area contributed by atoms with E-state index in [9.17, 15) is 28.1 Å². The van der Waals surface area contributed by atoms with Crippen molar-refractivity contribution in [1.82, 2.24) is 10.2 Å². The van der Waals surface area contributed by atoms with Crippen LogP contribution in [0.4, 0.5) is 11.4 Å². The van der Waals surface area contributed by atoms with E-state index in [1.165, 1.54) is 49.3 Å². The van der Waals surface area contributed by atoms with Gasteiger partial charge < -0.3 is 15.0 Å². The number of amides is 2. The number of hydrogen-bond donors (Lipinski definition) is 1. The maximum Gasteiger partial charge on any atom is 0.273 e. The van der Waals surface area contributed by atoms with Crippen molar-refractivity contribution in [1.29, 1.82) is 0 Å². The third-order valence-corrected chi connectivity index (χ3v) is 8.96. The molecule has 0 saturated heterocycles. The average molecular weight is 659 g/mol. The first-order chi connectivity index (χ1) is 21.0. The molecule has 45 heavy (non-hydrogen) atoms. The van der Waals surface area contributed by atoms with Gasteiger partial charge in [0.2, 0.25) is 11.8 Å². The van der Waals surface area contributed by atoms with E-state index in [0.29, 0.717) is 0 Å². The van der Waals surface area contributed by atoms with Gasteiger partial charge in [0.25, 0.3) is 15.7 Å². The molecule has 0 aliphatic carbocycles. The Hall–Kier alpha value is -4.16. The minimum absolute atomic E-state index is 0.0210. The molecule has 2 amide bonds. The predicted octanol–water partition coefficient (Wildman–Crippen LogP) is 5.79. The molecule has 0 aliphatic rings. The summed E-state index contributed by atoms with van der Waals surface area (Å²) in [5.41, 5.74) is 0.916. The number of rotatable bonds is 12. The zero-order valence-corrected chi connectivity index (χ0v) is 28.0. The van der Waals surface area contributed by atoms with E-state index in [-0.39, 0.29) is 35.0 Å². The number of methoxy groups -OCH3 is 1. The van der Waals surface area contributed by atoms with Crippen LogP contribution < -0.4 is 14.4 Å². The lowest BCUT2D eigenvalue weighted by atomic mass is 10.0. The molecule has 0 aromatic heterocycles. The molecule has 242 valence electrons. The van der Waals surface area contributed by atoms with E-state index < -0.39 is 55.5 Å². The van der Waals surface area contributed by atoms with E-state index >= 15 is 0 Å². The summed E-state index contributed by atoms with van der Waals surface area (Å²) in [6, 6.07) is 14.3. The average Bonchev–Trinajstić information content (AvgIpc) is 2.94. The fraction of sp³-hybridized carbons (Fsp3) is 0.375. The van der Waals surface area contributed by atoms with Crippen LogP contribution in [0.5, 0.6) is 5.75 Å². The lowest BCUT2D eigenvalue weighted by Gasteiger charge is -2.35. The van der Waals surface area contributed by atoms with Crippen molar-refractivity contribution in [3.05, 3.63) is 92.5 Å². The minimum Gasteiger partial charge on any atom is -0.495 e. The Morgan fingerprint density at radius 2 is 1.76 bits per heavy atom. The Bertz CT molecular complexity index is 1690. The van der Waals surface area contributed by atoms with Crippen LogP contribution in [0.3, 0.4) is 0 Å². The van der Waals surface area contributed by atoms with Gasteiger partial charge in [-0.25, -0.2) is 8.42 Å². The van der Waals surface area contributed by atoms with Crippen LogP contribution >= 0.6 is 11.6 Å². The first-order valence-electron chi connectivity index (χ1n) is 14.3. The highest BCUT2D eigenvalue weighted by Gasteiger charge is 2.36. The number of aryl methyl sites for hydroxylation is 2. The van der Waals surface area contributed by atoms with Gasteiger partial charge in [-0.2, -0.15) is 0 Å². The standard InChI is InChI=1S/C32H39ClN4O7S/c1-8-26(31(39)34-32(4,5)6)35(19-23-11-9-10-21(2)16-23)30(38)20-36(28-17-24(33)13-15-29(28)44-7)45(42,43)25-14-12-22(3)27(18-25)37(40)41/h9-18,26H,8,19-20H2,1-7H3,(H,34,39)/t26-/m0/s1. The van der Waals surface area contributed by atoms with Crippen LogP contribution in [0.1, 0.15) is 50.8 Å². The number of sulfonamides is 1. The van der Waals surface area contributed by atoms with Crippen molar-refractivity contribution >= 4 is 44.8 Å². The van der Waals surface area contributed by atoms with E-state index in [1.807, 2.05) is 52.0 Å². The largest absolute Gasteiger partial charge is 0.495 e. The smallest absolute Gasteiger partial charge is 0.273 e. The van der Waals surface area contributed by atoms with Gasteiger partial charge in [-0.1, -0.05) is 54.4 Å². The molecular weight excluding hydrogens is 620 g/mol. The highest BCUT2D eigenvalue weighted by Crippen LogP contribution is 2.36. The number of nitro benzene ring substituents is 1. The van der Waals surface area contributed by atoms with Gasteiger partial charge >= 0.3 is 0 Å². The molecule has 1 N–H and O–H groups in total. The SMILES string of the molecule is CC[C@@H](C(=O)NC(C)(C)C)N(Cc1cccc(C)c1)C(=O)CN(c1cc(Cl)ccc1OC)S(=O)(=O)c1ccc(C)c([N+](=O)[O-])c1. The Morgan fingerprint density at radius 3 is 2.33 bits per heavy atom. The third kappa shape index (κ3) is 8.73. The maximum atomic E-state index is 14.3. The summed E-state index contributed by atoms with van der Waals surface area (Å²) < 4.78 is 34.8. The number of hydrogen-bond acceptors (Lipinski definition) is 7. The van der Waals surface area contributed by atoms with Gasteiger partial charge in [-0.15, -0.1) is 0 Å². The van der Waals surface area contributed by atoms with Crippen LogP contribution in [-0.4, -0.2) is 55.3 Å². The Labute approximate surface area is 269 Å². The number of carbonyl (C=O) groups excluding carboxylic acids is 2. The highest BCUT2D eigenvalue weighted by molar-refractivity contribution is 7.92. The van der Waals surface area contributed by atoms with Crippen LogP contribution in [-0.2, 0) is 26.2 Å². The number of ether oxygens (including phenoxy) is 1. The summed E-state index contributed by atoms with van der Waals surface area (Å²) in [4.78, 5) is 39.8. The van der Waals surface area contributed by atoms with Crippen LogP contribution in [0.2, 0.25) is 5.02 Å². The van der Waals surface area contributed by atoms with Crippen molar-refractivity contribution in [2.24, 2.45) is 0 Å². The maximum absolute atomic E-state index is 14.3. The monoisotopic (exact) mass is 658 g/mol. The quantitative estimate of drug-likeness (QED) is 0.192. The van der Waals surface area contributed by atoms with Crippen molar-refractivity contribution in [3.63, 3.8) is 0 Å². The number of benzene rings is 3. The van der Waals surface area contributed by atoms with E-state index in [2.05, 4.69) is 5.32 Å². The van der Waals surface area contributed by atoms with Crippen molar-refractivity contribution in [2.45, 2.75) is 71.0 Å². The van der Waals surface area contributed by atoms with Gasteiger partial charge in [0, 0.05) is 28.7 Å². The molecule has 0 aliphatic heterocycles. The molecule has 11 nitrogen and oxygen atoms in total. The summed E-state index contributed by atoms with van der Waals surface area (Å²) in [7, 11) is -3.29. The number of halogens is 1. The number of nitro groups is 1. The van der Waals surface area contributed by atoms with Crippen molar-refractivity contribution < 1.29 is 27.7 Å². The number of nitrogens with zero attached hydrogens (tertiary/aromatic N) is 3. The van der Waals surface area contributed by atoms with Gasteiger partial charge in [0.1, 0.15) is 18.3 Å². The Balaban J connectivity index is 2.20. The fourth-order valence-corrected chi connectivity index (χ4v) is 6.43. The molecule has 0 radical (unpaired) electrons. The number of nitrogens with one attached hydrogen (secondary N) is 1. The third-order valence-electron chi connectivity index (χ3n) is 6.97. The fourth-order valence-electron chi connectivity index (χ4n) is 4.82. The first-order valence-corrected chi connectivity index (χ1v) is 16.1. The lowest BCUT2D eigenvalue weighted by Crippen LogP contribution is -2.55. The molecule has 0 spiro atoms. The minimum atomic E-state index is -4.62. The summed E-state index contributed by atoms with van der Waals surface area (Å²) in [6.07, 6.45) is 0.247. The van der Waals surface area contributed by atoms with E-state index in [4.69, 9.17) is 16.3 Å². The second kappa shape index (κ2) is 14.3. The van der Waals surface area contributed by atoms with Crippen molar-refractivity contribution in [2.75, 3.05) is 18.0 Å². The predicted molar refractivity (Wildman–Crippen MR) is 174 cm³/mol. The zero-order valence-electron chi connectivity index (χ0n) is 26.5. The molecular formula is C32H39ClN4O7S. The molecule has 3 aromatic carbocycles. The van der Waals surface area contributed by atoms with Gasteiger partial charge in [0.15, 0.2) is 0 Å². The summed E-state index contributed by atoms with van der Waals surface area (Å²) in [5.74, 6) is -0.977. The topological polar surface area (TPSA) is 139 Å². The Kier molecular flexibility index (Phi) is 11.2. The molecule has 3 rings (SSSR count). The molecule has 0 fully saturated rings. The molecule has 0 bridgehead atoms. The molecule has 13 heteroatoms. The zero-order chi connectivity index (χ0) is 33.7. The van der Waals surface area contributed by atoms with Crippen LogP contribution in [0.15, 0.2) is 65.6 Å². The molecule has 0 unspecified atom stereocenters. The van der Waals surface area contributed by atoms with Gasteiger partial charge in [-0.3, -0.25) is 24.0 Å². The second-order valence-electron chi connectivity index (χ2n) is 11.7. The van der Waals surface area contributed by atoms with Gasteiger partial charge in [0.05, 0.1) is 22.6 Å².